The van der Waals surface area contributed by atoms with E-state index in [4.69, 9.17) is 4.74 Å². The summed E-state index contributed by atoms with van der Waals surface area (Å²) in [5.41, 5.74) is 1.35. The van der Waals surface area contributed by atoms with E-state index >= 15 is 0 Å². The molecule has 1 aliphatic heterocycles. The van der Waals surface area contributed by atoms with E-state index in [0.717, 1.165) is 18.2 Å². The quantitative estimate of drug-likeness (QED) is 0.350. The van der Waals surface area contributed by atoms with Gasteiger partial charge in [0.2, 0.25) is 0 Å². The van der Waals surface area contributed by atoms with Crippen LogP contribution >= 0.6 is 0 Å². The maximum absolute atomic E-state index is 13.9. The molecule has 12 heteroatoms. The molecule has 0 saturated carbocycles. The van der Waals surface area contributed by atoms with Gasteiger partial charge in [-0.05, 0) is 48.4 Å². The van der Waals surface area contributed by atoms with Gasteiger partial charge in [0.1, 0.15) is 5.75 Å². The zero-order chi connectivity index (χ0) is 26.4. The Labute approximate surface area is 209 Å². The molecule has 37 heavy (non-hydrogen) atoms. The summed E-state index contributed by atoms with van der Waals surface area (Å²) in [6.45, 7) is 0.218. The highest BCUT2D eigenvalue weighted by Crippen LogP contribution is 2.44. The van der Waals surface area contributed by atoms with Crippen molar-refractivity contribution < 1.29 is 30.7 Å². The number of hydrogen-bond donors (Lipinski definition) is 1. The van der Waals surface area contributed by atoms with Crippen molar-refractivity contribution >= 4 is 15.8 Å². The first-order valence-electron chi connectivity index (χ1n) is 11.1. The summed E-state index contributed by atoms with van der Waals surface area (Å²) in [7, 11) is -2.55. The number of halogens is 4. The molecule has 0 amide bonds. The first-order chi connectivity index (χ1) is 17.5. The second-order valence-electron chi connectivity index (χ2n) is 8.47. The van der Waals surface area contributed by atoms with Gasteiger partial charge in [-0.2, -0.15) is 18.3 Å². The molecule has 192 valence electrons. The molecule has 0 saturated heterocycles. The van der Waals surface area contributed by atoms with Crippen molar-refractivity contribution in [2.45, 2.75) is 23.4 Å². The van der Waals surface area contributed by atoms with Crippen molar-refractivity contribution in [3.8, 4) is 17.0 Å². The van der Waals surface area contributed by atoms with Crippen molar-refractivity contribution in [1.29, 1.82) is 0 Å². The molecule has 1 N–H and O–H groups in total. The predicted molar refractivity (Wildman–Crippen MR) is 127 cm³/mol. The number of nitrogens with one attached hydrogen (secondary N) is 1. The lowest BCUT2D eigenvalue weighted by Gasteiger charge is -2.28. The molecule has 0 bridgehead atoms. The lowest BCUT2D eigenvalue weighted by molar-refractivity contribution is -0.137. The SMILES string of the molecule is Cn1nccc1-c1cc(C(F)(F)F)ccc1[C@H]1CCOc2cc(S(=O)(=O)Nc3ncccc3F)ccc21. The van der Waals surface area contributed by atoms with Crippen LogP contribution in [-0.4, -0.2) is 29.8 Å². The molecule has 2 aromatic carbocycles. The van der Waals surface area contributed by atoms with Crippen molar-refractivity contribution in [3.05, 3.63) is 89.5 Å². The number of hydrogen-bond acceptors (Lipinski definition) is 5. The first kappa shape index (κ1) is 24.8. The molecule has 0 radical (unpaired) electrons. The number of sulfonamides is 1. The smallest absolute Gasteiger partial charge is 0.416 e. The number of pyridine rings is 1. The zero-order valence-electron chi connectivity index (χ0n) is 19.3. The maximum Gasteiger partial charge on any atom is 0.416 e. The van der Waals surface area contributed by atoms with E-state index < -0.39 is 33.4 Å². The molecule has 1 aliphatic rings. The molecule has 0 spiro atoms. The number of ether oxygens (including phenoxy) is 1. The van der Waals surface area contributed by atoms with Crippen LogP contribution in [0.1, 0.15) is 29.0 Å². The first-order valence-corrected chi connectivity index (χ1v) is 12.6. The summed E-state index contributed by atoms with van der Waals surface area (Å²) in [5, 5.41) is 4.10. The topological polar surface area (TPSA) is 86.1 Å². The standard InChI is InChI=1S/C25H20F4N4O3S/c1-33-22(8-11-31-33)20-13-15(25(27,28)29)4-6-17(20)18-9-12-36-23-14-16(5-7-19(18)23)37(34,35)32-24-21(26)3-2-10-30-24/h2-8,10-11,13-14,18H,9,12H2,1H3,(H,30,32)/t18-/m1/s1. The average molecular weight is 533 g/mol. The number of rotatable bonds is 5. The Morgan fingerprint density at radius 1 is 1.05 bits per heavy atom. The Kier molecular flexibility index (Phi) is 6.14. The lowest BCUT2D eigenvalue weighted by Crippen LogP contribution is -2.19. The van der Waals surface area contributed by atoms with Crippen molar-refractivity contribution in [2.24, 2.45) is 7.05 Å². The number of anilines is 1. The van der Waals surface area contributed by atoms with Gasteiger partial charge in [0.25, 0.3) is 10.0 Å². The number of benzene rings is 2. The van der Waals surface area contributed by atoms with Gasteiger partial charge in [0, 0.05) is 42.6 Å². The molecule has 0 fully saturated rings. The van der Waals surface area contributed by atoms with Gasteiger partial charge in [-0.25, -0.2) is 17.8 Å². The van der Waals surface area contributed by atoms with Gasteiger partial charge in [0.15, 0.2) is 11.6 Å². The summed E-state index contributed by atoms with van der Waals surface area (Å²) in [6, 6.07) is 11.9. The van der Waals surface area contributed by atoms with E-state index in [1.807, 2.05) is 0 Å². The Morgan fingerprint density at radius 3 is 2.54 bits per heavy atom. The molecule has 0 aliphatic carbocycles. The zero-order valence-corrected chi connectivity index (χ0v) is 20.1. The lowest BCUT2D eigenvalue weighted by atomic mass is 9.83. The fourth-order valence-electron chi connectivity index (χ4n) is 4.40. The van der Waals surface area contributed by atoms with Crippen molar-refractivity contribution in [2.75, 3.05) is 11.3 Å². The van der Waals surface area contributed by atoms with Gasteiger partial charge in [0.05, 0.1) is 22.8 Å². The minimum Gasteiger partial charge on any atom is -0.493 e. The molecule has 2 aromatic heterocycles. The maximum atomic E-state index is 13.9. The van der Waals surface area contributed by atoms with Crippen molar-refractivity contribution in [1.82, 2.24) is 14.8 Å². The highest BCUT2D eigenvalue weighted by molar-refractivity contribution is 7.92. The van der Waals surface area contributed by atoms with Crippen LogP contribution in [0.2, 0.25) is 0 Å². The Hall–Kier alpha value is -3.93. The molecule has 7 nitrogen and oxygen atoms in total. The summed E-state index contributed by atoms with van der Waals surface area (Å²) in [5.74, 6) is -1.36. The molecule has 3 heterocycles. The van der Waals surface area contributed by atoms with E-state index in [2.05, 4.69) is 14.8 Å². The van der Waals surface area contributed by atoms with Crippen LogP contribution < -0.4 is 9.46 Å². The summed E-state index contributed by atoms with van der Waals surface area (Å²) >= 11 is 0. The molecule has 4 aromatic rings. The molecular weight excluding hydrogens is 512 g/mol. The third-order valence-corrected chi connectivity index (χ3v) is 7.51. The van der Waals surface area contributed by atoms with E-state index in [1.54, 1.807) is 19.2 Å². The second kappa shape index (κ2) is 9.18. The minimum absolute atomic E-state index is 0.170. The fourth-order valence-corrected chi connectivity index (χ4v) is 5.44. The largest absolute Gasteiger partial charge is 0.493 e. The van der Waals surface area contributed by atoms with E-state index in [1.165, 1.54) is 41.3 Å². The van der Waals surface area contributed by atoms with Gasteiger partial charge in [-0.3, -0.25) is 9.40 Å². The number of aromatic nitrogens is 3. The Bertz CT molecular complexity index is 1590. The number of nitrogens with zero attached hydrogens (tertiary/aromatic N) is 3. The van der Waals surface area contributed by atoms with Gasteiger partial charge >= 0.3 is 6.18 Å². The minimum atomic E-state index is -4.52. The van der Waals surface area contributed by atoms with Crippen LogP contribution in [0.5, 0.6) is 5.75 Å². The molecule has 1 atom stereocenters. The summed E-state index contributed by atoms with van der Waals surface area (Å²) in [4.78, 5) is 3.54. The van der Waals surface area contributed by atoms with Crippen LogP contribution in [0, 0.1) is 5.82 Å². The van der Waals surface area contributed by atoms with Crippen LogP contribution in [0.15, 0.2) is 71.9 Å². The Balaban J connectivity index is 1.56. The number of alkyl halides is 3. The van der Waals surface area contributed by atoms with E-state index in [9.17, 15) is 26.0 Å². The highest BCUT2D eigenvalue weighted by Gasteiger charge is 2.34. The van der Waals surface area contributed by atoms with Gasteiger partial charge in [-0.15, -0.1) is 0 Å². The van der Waals surface area contributed by atoms with Crippen LogP contribution in [0.3, 0.4) is 0 Å². The number of aryl methyl sites for hydroxylation is 1. The summed E-state index contributed by atoms with van der Waals surface area (Å²) < 4.78 is 89.6. The monoisotopic (exact) mass is 532 g/mol. The van der Waals surface area contributed by atoms with Crippen molar-refractivity contribution in [3.63, 3.8) is 0 Å². The van der Waals surface area contributed by atoms with Crippen LogP contribution in [0.4, 0.5) is 23.4 Å². The van der Waals surface area contributed by atoms with Gasteiger partial charge in [-0.1, -0.05) is 12.1 Å². The van der Waals surface area contributed by atoms with E-state index in [-0.39, 0.29) is 23.2 Å². The Morgan fingerprint density at radius 2 is 1.84 bits per heavy atom. The molecular formula is C25H20F4N4O3S. The fraction of sp³-hybridized carbons (Fsp3) is 0.200. The third-order valence-electron chi connectivity index (χ3n) is 6.18. The molecule has 5 rings (SSSR count). The number of fused-ring (bicyclic) bond motifs is 1. The van der Waals surface area contributed by atoms with Crippen LogP contribution in [0.25, 0.3) is 11.3 Å². The van der Waals surface area contributed by atoms with E-state index in [0.29, 0.717) is 28.8 Å². The van der Waals surface area contributed by atoms with Crippen LogP contribution in [-0.2, 0) is 23.2 Å². The predicted octanol–water partition coefficient (Wildman–Crippen LogP) is 5.36. The van der Waals surface area contributed by atoms with Gasteiger partial charge < -0.3 is 4.74 Å². The highest BCUT2D eigenvalue weighted by atomic mass is 32.2. The summed E-state index contributed by atoms with van der Waals surface area (Å²) in [6.07, 6.45) is -1.30. The third kappa shape index (κ3) is 4.76. The normalized spacial score (nSPS) is 15.6. The average Bonchev–Trinajstić information content (AvgIpc) is 3.29. The second-order valence-corrected chi connectivity index (χ2v) is 10.2. The molecule has 0 unspecified atom stereocenters.